The molecule has 2 nitrogen and oxygen atoms in total. The third kappa shape index (κ3) is 2.77. The Morgan fingerprint density at radius 1 is 0.957 bits per heavy atom. The summed E-state index contributed by atoms with van der Waals surface area (Å²) < 4.78 is 14.5. The molecule has 0 radical (unpaired) electrons. The Kier molecular flexibility index (Phi) is 4.44. The van der Waals surface area contributed by atoms with Gasteiger partial charge in [0.2, 0.25) is 0 Å². The zero-order valence-electron chi connectivity index (χ0n) is 14.0. The lowest BCUT2D eigenvalue weighted by atomic mass is 10.1. The van der Waals surface area contributed by atoms with Crippen LogP contribution in [0.15, 0.2) is 48.7 Å². The Bertz CT molecular complexity index is 864. The molecule has 0 aliphatic rings. The van der Waals surface area contributed by atoms with Gasteiger partial charge in [0.25, 0.3) is 0 Å². The zero-order chi connectivity index (χ0) is 16.6. The summed E-state index contributed by atoms with van der Waals surface area (Å²) in [7, 11) is -2.38. The molecule has 0 aliphatic carbocycles. The number of hydrogen-bond acceptors (Lipinski definition) is 3. The smallest absolute Gasteiger partial charge is 0.129 e. The predicted molar refractivity (Wildman–Crippen MR) is 103 cm³/mol. The summed E-state index contributed by atoms with van der Waals surface area (Å²) >= 11 is 1.64. The standard InChI is InChI=1S/C19H22NOPS/c1-13(2)22(21,14(3)4)18-10-9-17(23-18)19-16-8-6-5-7-15(16)11-12-20-19/h5-14H,1-4H3. The second kappa shape index (κ2) is 6.22. The molecule has 23 heavy (non-hydrogen) atoms. The molecular weight excluding hydrogens is 321 g/mol. The predicted octanol–water partition coefficient (Wildman–Crippen LogP) is 5.77. The second-order valence-corrected chi connectivity index (χ2v) is 11.8. The molecule has 0 bridgehead atoms. The summed E-state index contributed by atoms with van der Waals surface area (Å²) in [6.07, 6.45) is 1.85. The van der Waals surface area contributed by atoms with E-state index in [9.17, 15) is 4.57 Å². The molecule has 0 spiro atoms. The summed E-state index contributed by atoms with van der Waals surface area (Å²) in [6.45, 7) is 8.26. The molecule has 2 heterocycles. The minimum Gasteiger partial charge on any atom is -0.317 e. The first kappa shape index (κ1) is 16.4. The molecule has 0 atom stereocenters. The second-order valence-electron chi connectivity index (χ2n) is 6.42. The first-order chi connectivity index (χ1) is 10.9. The number of rotatable bonds is 4. The Morgan fingerprint density at radius 3 is 2.35 bits per heavy atom. The Hall–Kier alpha value is -1.44. The highest BCUT2D eigenvalue weighted by atomic mass is 32.1. The fourth-order valence-corrected chi connectivity index (χ4v) is 8.47. The maximum Gasteiger partial charge on any atom is 0.129 e. The summed E-state index contributed by atoms with van der Waals surface area (Å²) in [5, 5.41) is 2.33. The van der Waals surface area contributed by atoms with Crippen molar-refractivity contribution in [2.45, 2.75) is 39.0 Å². The molecule has 4 heteroatoms. The molecule has 1 aromatic carbocycles. The van der Waals surface area contributed by atoms with E-state index in [-0.39, 0.29) is 11.3 Å². The van der Waals surface area contributed by atoms with Crippen LogP contribution >= 0.6 is 18.5 Å². The maximum absolute atomic E-state index is 13.5. The average molecular weight is 343 g/mol. The molecule has 2 aromatic heterocycles. The number of benzene rings is 1. The van der Waals surface area contributed by atoms with Crippen molar-refractivity contribution in [1.82, 2.24) is 4.98 Å². The molecule has 0 saturated heterocycles. The summed E-state index contributed by atoms with van der Waals surface area (Å²) in [6, 6.07) is 14.4. The number of fused-ring (bicyclic) bond motifs is 1. The number of hydrogen-bond donors (Lipinski definition) is 0. The molecule has 0 saturated carbocycles. The van der Waals surface area contributed by atoms with Crippen molar-refractivity contribution in [2.75, 3.05) is 0 Å². The Labute approximate surface area is 142 Å². The minimum absolute atomic E-state index is 0.162. The molecular formula is C19H22NOPS. The van der Waals surface area contributed by atoms with Gasteiger partial charge >= 0.3 is 0 Å². The summed E-state index contributed by atoms with van der Waals surface area (Å²) in [4.78, 5) is 5.68. The molecule has 0 aliphatic heterocycles. The number of aromatic nitrogens is 1. The first-order valence-electron chi connectivity index (χ1n) is 7.98. The van der Waals surface area contributed by atoms with Crippen molar-refractivity contribution in [3.8, 4) is 10.6 Å². The van der Waals surface area contributed by atoms with Crippen LogP contribution in [0.25, 0.3) is 21.3 Å². The van der Waals surface area contributed by atoms with Gasteiger partial charge in [-0.05, 0) is 23.6 Å². The van der Waals surface area contributed by atoms with E-state index in [0.717, 1.165) is 20.6 Å². The molecule has 120 valence electrons. The molecule has 0 amide bonds. The monoisotopic (exact) mass is 343 g/mol. The lowest BCUT2D eigenvalue weighted by Crippen LogP contribution is -2.17. The van der Waals surface area contributed by atoms with Gasteiger partial charge in [-0.3, -0.25) is 4.98 Å². The van der Waals surface area contributed by atoms with Crippen LogP contribution in [-0.4, -0.2) is 16.3 Å². The first-order valence-corrected chi connectivity index (χ1v) is 10.6. The average Bonchev–Trinajstić information content (AvgIpc) is 3.03. The lowest BCUT2D eigenvalue weighted by molar-refractivity contribution is 0.569. The fourth-order valence-electron chi connectivity index (χ4n) is 3.06. The van der Waals surface area contributed by atoms with Gasteiger partial charge in [-0.2, -0.15) is 0 Å². The van der Waals surface area contributed by atoms with Crippen LogP contribution in [0, 0.1) is 0 Å². The van der Waals surface area contributed by atoms with Gasteiger partial charge in [0.1, 0.15) is 7.14 Å². The van der Waals surface area contributed by atoms with Crippen LogP contribution < -0.4 is 4.62 Å². The third-order valence-corrected chi connectivity index (χ3v) is 10.3. The van der Waals surface area contributed by atoms with Crippen LogP contribution in [0.5, 0.6) is 0 Å². The van der Waals surface area contributed by atoms with Gasteiger partial charge in [0.15, 0.2) is 0 Å². The van der Waals surface area contributed by atoms with Crippen LogP contribution in [0.4, 0.5) is 0 Å². The van der Waals surface area contributed by atoms with Crippen molar-refractivity contribution in [2.24, 2.45) is 0 Å². The lowest BCUT2D eigenvalue weighted by Gasteiger charge is -2.24. The number of pyridine rings is 1. The van der Waals surface area contributed by atoms with Gasteiger partial charge in [0, 0.05) is 22.9 Å². The Balaban J connectivity index is 2.13. The van der Waals surface area contributed by atoms with E-state index in [1.807, 2.05) is 30.5 Å². The fraction of sp³-hybridized carbons (Fsp3) is 0.316. The normalized spacial score (nSPS) is 12.4. The maximum atomic E-state index is 13.5. The molecule has 3 aromatic rings. The summed E-state index contributed by atoms with van der Waals surface area (Å²) in [5.41, 5.74) is 1.31. The van der Waals surface area contributed by atoms with Crippen molar-refractivity contribution >= 4 is 33.9 Å². The quantitative estimate of drug-likeness (QED) is 0.563. The third-order valence-electron chi connectivity index (χ3n) is 4.38. The highest BCUT2D eigenvalue weighted by Gasteiger charge is 2.34. The van der Waals surface area contributed by atoms with Crippen molar-refractivity contribution in [3.05, 3.63) is 48.7 Å². The van der Waals surface area contributed by atoms with Crippen molar-refractivity contribution in [1.29, 1.82) is 0 Å². The van der Waals surface area contributed by atoms with Crippen LogP contribution in [0.2, 0.25) is 0 Å². The molecule has 3 rings (SSSR count). The van der Waals surface area contributed by atoms with E-state index < -0.39 is 7.14 Å². The topological polar surface area (TPSA) is 30.0 Å². The SMILES string of the molecule is CC(C)P(=O)(c1ccc(-c2nccc3ccccc23)s1)C(C)C. The number of thiophene rings is 1. The van der Waals surface area contributed by atoms with Crippen LogP contribution in [-0.2, 0) is 4.57 Å². The van der Waals surface area contributed by atoms with E-state index in [4.69, 9.17) is 0 Å². The number of nitrogens with zero attached hydrogens (tertiary/aromatic N) is 1. The summed E-state index contributed by atoms with van der Waals surface area (Å²) in [5.74, 6) is 0. The van der Waals surface area contributed by atoms with Gasteiger partial charge in [-0.1, -0.05) is 52.0 Å². The van der Waals surface area contributed by atoms with E-state index in [1.54, 1.807) is 11.3 Å². The van der Waals surface area contributed by atoms with Crippen molar-refractivity contribution < 1.29 is 4.57 Å². The van der Waals surface area contributed by atoms with E-state index in [1.165, 1.54) is 5.39 Å². The van der Waals surface area contributed by atoms with Gasteiger partial charge in [-0.15, -0.1) is 11.3 Å². The molecule has 0 unspecified atom stereocenters. The van der Waals surface area contributed by atoms with Gasteiger partial charge in [-0.25, -0.2) is 0 Å². The minimum atomic E-state index is -2.38. The highest BCUT2D eigenvalue weighted by Crippen LogP contribution is 2.55. The largest absolute Gasteiger partial charge is 0.317 e. The van der Waals surface area contributed by atoms with E-state index >= 15 is 0 Å². The highest BCUT2D eigenvalue weighted by molar-refractivity contribution is 7.78. The molecule has 0 fully saturated rings. The Morgan fingerprint density at radius 2 is 1.65 bits per heavy atom. The zero-order valence-corrected chi connectivity index (χ0v) is 15.7. The van der Waals surface area contributed by atoms with Gasteiger partial charge < -0.3 is 4.57 Å². The molecule has 0 N–H and O–H groups in total. The van der Waals surface area contributed by atoms with Crippen LogP contribution in [0.3, 0.4) is 0 Å². The van der Waals surface area contributed by atoms with Crippen LogP contribution in [0.1, 0.15) is 27.7 Å². The van der Waals surface area contributed by atoms with E-state index in [0.29, 0.717) is 0 Å². The van der Waals surface area contributed by atoms with Gasteiger partial charge in [0.05, 0.1) is 15.2 Å². The van der Waals surface area contributed by atoms with E-state index in [2.05, 4.69) is 50.9 Å². The van der Waals surface area contributed by atoms with Crippen molar-refractivity contribution in [3.63, 3.8) is 0 Å².